The van der Waals surface area contributed by atoms with Crippen molar-refractivity contribution >= 4 is 23.5 Å². The molecule has 2 amide bonds. The smallest absolute Gasteiger partial charge is 0.246 e. The first kappa shape index (κ1) is 19.1. The van der Waals surface area contributed by atoms with Crippen LogP contribution in [0.25, 0.3) is 0 Å². The van der Waals surface area contributed by atoms with Gasteiger partial charge in [-0.05, 0) is 6.08 Å². The highest BCUT2D eigenvalue weighted by atomic mass is 16.5. The van der Waals surface area contributed by atoms with Crippen LogP contribution in [0.5, 0.6) is 0 Å². The largest absolute Gasteiger partial charge is 0.378 e. The standard InChI is InChI=1S/C18H26N6O3/c1-3-17(25)21(2)13-18(26)24-6-4-22(5-7-24)15-12-16(20-14-19-15)23-8-10-27-11-9-23/h3,12,14H,1,4-11,13H2,2H3. The molecule has 1 aromatic heterocycles. The summed E-state index contributed by atoms with van der Waals surface area (Å²) in [5, 5.41) is 0. The van der Waals surface area contributed by atoms with Crippen LogP contribution < -0.4 is 9.80 Å². The van der Waals surface area contributed by atoms with E-state index in [9.17, 15) is 9.59 Å². The molecule has 27 heavy (non-hydrogen) atoms. The van der Waals surface area contributed by atoms with Crippen molar-refractivity contribution in [1.29, 1.82) is 0 Å². The molecule has 9 heteroatoms. The summed E-state index contributed by atoms with van der Waals surface area (Å²) in [6.07, 6.45) is 2.81. The molecular weight excluding hydrogens is 348 g/mol. The van der Waals surface area contributed by atoms with E-state index in [1.165, 1.54) is 11.0 Å². The molecule has 0 saturated carbocycles. The van der Waals surface area contributed by atoms with Crippen LogP contribution >= 0.6 is 0 Å². The molecular formula is C18H26N6O3. The summed E-state index contributed by atoms with van der Waals surface area (Å²) in [6.45, 7) is 9.19. The molecule has 9 nitrogen and oxygen atoms in total. The Morgan fingerprint density at radius 1 is 1.11 bits per heavy atom. The fourth-order valence-corrected chi connectivity index (χ4v) is 3.20. The Balaban J connectivity index is 1.55. The quantitative estimate of drug-likeness (QED) is 0.649. The molecule has 146 valence electrons. The van der Waals surface area contributed by atoms with Crippen LogP contribution in [-0.2, 0) is 14.3 Å². The summed E-state index contributed by atoms with van der Waals surface area (Å²) in [4.78, 5) is 40.2. The van der Waals surface area contributed by atoms with Gasteiger partial charge in [-0.15, -0.1) is 0 Å². The number of amides is 2. The van der Waals surface area contributed by atoms with Crippen LogP contribution in [0.4, 0.5) is 11.6 Å². The monoisotopic (exact) mass is 374 g/mol. The van der Waals surface area contributed by atoms with Crippen LogP contribution in [0.1, 0.15) is 0 Å². The Labute approximate surface area is 159 Å². The number of rotatable bonds is 5. The number of nitrogens with zero attached hydrogens (tertiary/aromatic N) is 6. The van der Waals surface area contributed by atoms with Gasteiger partial charge < -0.3 is 24.3 Å². The minimum Gasteiger partial charge on any atom is -0.378 e. The van der Waals surface area contributed by atoms with Crippen molar-refractivity contribution in [2.24, 2.45) is 0 Å². The lowest BCUT2D eigenvalue weighted by molar-refractivity contribution is -0.137. The highest BCUT2D eigenvalue weighted by Gasteiger charge is 2.24. The van der Waals surface area contributed by atoms with E-state index in [0.717, 1.165) is 24.7 Å². The first-order chi connectivity index (χ1) is 13.1. The molecule has 0 bridgehead atoms. The lowest BCUT2D eigenvalue weighted by Gasteiger charge is -2.36. The van der Waals surface area contributed by atoms with E-state index in [4.69, 9.17) is 4.74 Å². The van der Waals surface area contributed by atoms with E-state index in [-0.39, 0.29) is 18.4 Å². The number of carbonyl (C=O) groups is 2. The summed E-state index contributed by atoms with van der Waals surface area (Å²) >= 11 is 0. The fraction of sp³-hybridized carbons (Fsp3) is 0.556. The molecule has 0 radical (unpaired) electrons. The van der Waals surface area contributed by atoms with Crippen molar-refractivity contribution < 1.29 is 14.3 Å². The molecule has 0 unspecified atom stereocenters. The number of morpholine rings is 1. The summed E-state index contributed by atoms with van der Waals surface area (Å²) < 4.78 is 5.39. The summed E-state index contributed by atoms with van der Waals surface area (Å²) in [5.41, 5.74) is 0. The van der Waals surface area contributed by atoms with E-state index >= 15 is 0 Å². The van der Waals surface area contributed by atoms with Crippen LogP contribution in [0.3, 0.4) is 0 Å². The van der Waals surface area contributed by atoms with E-state index in [0.29, 0.717) is 39.4 Å². The maximum atomic E-state index is 12.4. The molecule has 0 N–H and O–H groups in total. The third-order valence-corrected chi connectivity index (χ3v) is 4.85. The number of anilines is 2. The zero-order chi connectivity index (χ0) is 19.2. The predicted octanol–water partition coefficient (Wildman–Crippen LogP) is -0.394. The number of hydrogen-bond donors (Lipinski definition) is 0. The zero-order valence-corrected chi connectivity index (χ0v) is 15.7. The van der Waals surface area contributed by atoms with Crippen molar-refractivity contribution in [2.45, 2.75) is 0 Å². The molecule has 0 spiro atoms. The van der Waals surface area contributed by atoms with E-state index in [1.807, 2.05) is 6.07 Å². The van der Waals surface area contributed by atoms with Crippen LogP contribution in [-0.4, -0.2) is 97.7 Å². The molecule has 3 rings (SSSR count). The third-order valence-electron chi connectivity index (χ3n) is 4.85. The molecule has 1 aromatic rings. The second-order valence-corrected chi connectivity index (χ2v) is 6.60. The number of carbonyl (C=O) groups excluding carboxylic acids is 2. The van der Waals surface area contributed by atoms with Gasteiger partial charge in [0, 0.05) is 52.4 Å². The molecule has 0 aromatic carbocycles. The van der Waals surface area contributed by atoms with Gasteiger partial charge >= 0.3 is 0 Å². The molecule has 2 aliphatic heterocycles. The van der Waals surface area contributed by atoms with Gasteiger partial charge in [0.1, 0.15) is 18.0 Å². The van der Waals surface area contributed by atoms with E-state index in [1.54, 1.807) is 18.3 Å². The normalized spacial score (nSPS) is 17.6. The van der Waals surface area contributed by atoms with Crippen LogP contribution in [0.15, 0.2) is 25.0 Å². The van der Waals surface area contributed by atoms with Crippen LogP contribution in [0, 0.1) is 0 Å². The molecule has 2 fully saturated rings. The number of ether oxygens (including phenoxy) is 1. The average molecular weight is 374 g/mol. The molecule has 2 aliphatic rings. The Kier molecular flexibility index (Phi) is 6.23. The Morgan fingerprint density at radius 3 is 2.30 bits per heavy atom. The summed E-state index contributed by atoms with van der Waals surface area (Å²) in [7, 11) is 1.60. The first-order valence-corrected chi connectivity index (χ1v) is 9.13. The second-order valence-electron chi connectivity index (χ2n) is 6.60. The van der Waals surface area contributed by atoms with E-state index < -0.39 is 0 Å². The van der Waals surface area contributed by atoms with Crippen molar-refractivity contribution in [3.8, 4) is 0 Å². The maximum Gasteiger partial charge on any atom is 0.246 e. The Morgan fingerprint density at radius 2 is 1.70 bits per heavy atom. The predicted molar refractivity (Wildman–Crippen MR) is 102 cm³/mol. The van der Waals surface area contributed by atoms with Crippen molar-refractivity contribution in [3.05, 3.63) is 25.0 Å². The second kappa shape index (κ2) is 8.81. The fourth-order valence-electron chi connectivity index (χ4n) is 3.20. The van der Waals surface area contributed by atoms with Gasteiger partial charge in [0.05, 0.1) is 19.8 Å². The van der Waals surface area contributed by atoms with Gasteiger partial charge in [-0.3, -0.25) is 9.59 Å². The summed E-state index contributed by atoms with van der Waals surface area (Å²) in [6, 6.07) is 2.00. The Hall–Kier alpha value is -2.68. The first-order valence-electron chi connectivity index (χ1n) is 9.13. The molecule has 0 atom stereocenters. The van der Waals surface area contributed by atoms with Crippen molar-refractivity contribution in [2.75, 3.05) is 75.9 Å². The SMILES string of the molecule is C=CC(=O)N(C)CC(=O)N1CCN(c2cc(N3CCOCC3)ncn2)CC1. The van der Waals surface area contributed by atoms with Gasteiger partial charge in [-0.25, -0.2) is 9.97 Å². The highest BCUT2D eigenvalue weighted by molar-refractivity contribution is 5.90. The Bertz CT molecular complexity index is 683. The molecule has 3 heterocycles. The molecule has 0 aliphatic carbocycles. The van der Waals surface area contributed by atoms with Gasteiger partial charge in [-0.2, -0.15) is 0 Å². The number of aromatic nitrogens is 2. The van der Waals surface area contributed by atoms with Gasteiger partial charge in [0.2, 0.25) is 11.8 Å². The lowest BCUT2D eigenvalue weighted by Crippen LogP contribution is -2.51. The average Bonchev–Trinajstić information content (AvgIpc) is 2.74. The number of hydrogen-bond acceptors (Lipinski definition) is 7. The minimum atomic E-state index is -0.251. The van der Waals surface area contributed by atoms with Gasteiger partial charge in [0.15, 0.2) is 0 Å². The van der Waals surface area contributed by atoms with Crippen molar-refractivity contribution in [1.82, 2.24) is 19.8 Å². The van der Waals surface area contributed by atoms with E-state index in [2.05, 4.69) is 26.3 Å². The lowest BCUT2D eigenvalue weighted by atomic mass is 10.3. The maximum absolute atomic E-state index is 12.4. The minimum absolute atomic E-state index is 0.0518. The van der Waals surface area contributed by atoms with Gasteiger partial charge in [0.25, 0.3) is 0 Å². The molecule has 2 saturated heterocycles. The van der Waals surface area contributed by atoms with Crippen molar-refractivity contribution in [3.63, 3.8) is 0 Å². The third kappa shape index (κ3) is 4.73. The van der Waals surface area contributed by atoms with Crippen LogP contribution in [0.2, 0.25) is 0 Å². The zero-order valence-electron chi connectivity index (χ0n) is 15.7. The van der Waals surface area contributed by atoms with Gasteiger partial charge in [-0.1, -0.05) is 6.58 Å². The number of likely N-dealkylation sites (N-methyl/N-ethyl adjacent to an activating group) is 1. The number of piperazine rings is 1. The topological polar surface area (TPSA) is 82.1 Å². The summed E-state index contributed by atoms with van der Waals surface area (Å²) in [5.74, 6) is 1.48. The highest BCUT2D eigenvalue weighted by Crippen LogP contribution is 2.19.